The fraction of sp³-hybridized carbons (Fsp3) is 0.444. The number of aliphatic imine (C=N–C) groups is 1. The fourth-order valence-corrected chi connectivity index (χ4v) is 0.946. The maximum atomic E-state index is 11.3. The minimum absolute atomic E-state index is 0.144. The number of carbonyl (C=O) groups is 2. The standard InChI is InChI=1S/C9H11NO4/c1-9(2)13-7(11)6(4-5-10-3)8(12)14-9/h4-5H,1-3H3/b10-5+. The van der Waals surface area contributed by atoms with E-state index in [1.165, 1.54) is 33.2 Å². The molecule has 1 aliphatic heterocycles. The Morgan fingerprint density at radius 2 is 1.71 bits per heavy atom. The normalized spacial score (nSPS) is 20.6. The first-order chi connectivity index (χ1) is 6.46. The molecule has 1 fully saturated rings. The summed E-state index contributed by atoms with van der Waals surface area (Å²) >= 11 is 0. The van der Waals surface area contributed by atoms with Crippen LogP contribution >= 0.6 is 0 Å². The number of nitrogens with zero attached hydrogens (tertiary/aromatic N) is 1. The molecule has 5 heteroatoms. The lowest BCUT2D eigenvalue weighted by molar-refractivity contribution is -0.222. The summed E-state index contributed by atoms with van der Waals surface area (Å²) in [5, 5.41) is 0. The van der Waals surface area contributed by atoms with Gasteiger partial charge in [0.2, 0.25) is 0 Å². The SMILES string of the molecule is C/N=C/C=C1C(=O)OC(C)(C)OC1=O. The minimum atomic E-state index is -1.19. The van der Waals surface area contributed by atoms with Crippen LogP contribution in [-0.2, 0) is 19.1 Å². The number of hydrogen-bond acceptors (Lipinski definition) is 5. The van der Waals surface area contributed by atoms with Gasteiger partial charge in [0.25, 0.3) is 5.79 Å². The molecule has 14 heavy (non-hydrogen) atoms. The summed E-state index contributed by atoms with van der Waals surface area (Å²) in [6.07, 6.45) is 2.59. The first kappa shape index (κ1) is 10.4. The third-order valence-electron chi connectivity index (χ3n) is 1.51. The molecule has 0 aromatic carbocycles. The van der Waals surface area contributed by atoms with Crippen LogP contribution in [0.2, 0.25) is 0 Å². The predicted octanol–water partition coefficient (Wildman–Crippen LogP) is 0.450. The van der Waals surface area contributed by atoms with E-state index in [0.29, 0.717) is 0 Å². The summed E-state index contributed by atoms with van der Waals surface area (Å²) in [6.45, 7) is 2.99. The van der Waals surface area contributed by atoms with Crippen molar-refractivity contribution in [3.63, 3.8) is 0 Å². The summed E-state index contributed by atoms with van der Waals surface area (Å²) in [6, 6.07) is 0. The van der Waals surface area contributed by atoms with Gasteiger partial charge in [-0.25, -0.2) is 9.59 Å². The van der Waals surface area contributed by atoms with E-state index < -0.39 is 17.7 Å². The van der Waals surface area contributed by atoms with Crippen molar-refractivity contribution in [3.05, 3.63) is 11.6 Å². The van der Waals surface area contributed by atoms with E-state index in [1.807, 2.05) is 0 Å². The maximum absolute atomic E-state index is 11.3. The molecule has 0 N–H and O–H groups in total. The predicted molar refractivity (Wildman–Crippen MR) is 48.8 cm³/mol. The monoisotopic (exact) mass is 197 g/mol. The minimum Gasteiger partial charge on any atom is -0.419 e. The van der Waals surface area contributed by atoms with Crippen LogP contribution in [0.5, 0.6) is 0 Å². The number of ether oxygens (including phenoxy) is 2. The second-order valence-corrected chi connectivity index (χ2v) is 3.17. The van der Waals surface area contributed by atoms with E-state index in [0.717, 1.165) is 0 Å². The fourth-order valence-electron chi connectivity index (χ4n) is 0.946. The van der Waals surface area contributed by atoms with Crippen molar-refractivity contribution in [2.75, 3.05) is 7.05 Å². The summed E-state index contributed by atoms with van der Waals surface area (Å²) < 4.78 is 9.68. The van der Waals surface area contributed by atoms with E-state index in [2.05, 4.69) is 4.99 Å². The highest BCUT2D eigenvalue weighted by Crippen LogP contribution is 2.21. The van der Waals surface area contributed by atoms with E-state index in [4.69, 9.17) is 9.47 Å². The van der Waals surface area contributed by atoms with Crippen molar-refractivity contribution in [1.29, 1.82) is 0 Å². The van der Waals surface area contributed by atoms with Crippen LogP contribution in [0.15, 0.2) is 16.6 Å². The van der Waals surface area contributed by atoms with Crippen LogP contribution < -0.4 is 0 Å². The number of esters is 2. The van der Waals surface area contributed by atoms with Gasteiger partial charge in [0.1, 0.15) is 5.57 Å². The quantitative estimate of drug-likeness (QED) is 0.265. The van der Waals surface area contributed by atoms with Crippen molar-refractivity contribution in [3.8, 4) is 0 Å². The molecular formula is C9H11NO4. The second kappa shape index (κ2) is 3.61. The van der Waals surface area contributed by atoms with Crippen LogP contribution in [0.25, 0.3) is 0 Å². The third kappa shape index (κ3) is 2.18. The molecule has 0 aliphatic carbocycles. The Morgan fingerprint density at radius 3 is 2.14 bits per heavy atom. The lowest BCUT2D eigenvalue weighted by Crippen LogP contribution is -2.41. The molecule has 0 aromatic rings. The number of hydrogen-bond donors (Lipinski definition) is 0. The van der Waals surface area contributed by atoms with Gasteiger partial charge >= 0.3 is 11.9 Å². The topological polar surface area (TPSA) is 65.0 Å². The zero-order chi connectivity index (χ0) is 10.8. The average Bonchev–Trinajstić information content (AvgIpc) is 2.00. The summed E-state index contributed by atoms with van der Waals surface area (Å²) in [7, 11) is 1.53. The molecule has 0 spiro atoms. The molecule has 0 aromatic heterocycles. The van der Waals surface area contributed by atoms with E-state index in [1.54, 1.807) is 0 Å². The lowest BCUT2D eigenvalue weighted by Gasteiger charge is -2.29. The molecule has 0 unspecified atom stereocenters. The number of allylic oxidation sites excluding steroid dienone is 1. The Morgan fingerprint density at radius 1 is 1.21 bits per heavy atom. The first-order valence-electron chi connectivity index (χ1n) is 4.05. The largest absolute Gasteiger partial charge is 0.419 e. The van der Waals surface area contributed by atoms with Crippen LogP contribution in [0, 0.1) is 0 Å². The Hall–Kier alpha value is -1.65. The summed E-state index contributed by atoms with van der Waals surface area (Å²) in [4.78, 5) is 26.2. The Labute approximate surface area is 81.4 Å². The molecule has 0 bridgehead atoms. The van der Waals surface area contributed by atoms with Crippen LogP contribution in [0.1, 0.15) is 13.8 Å². The first-order valence-corrected chi connectivity index (χ1v) is 4.05. The number of rotatable bonds is 1. The van der Waals surface area contributed by atoms with Crippen molar-refractivity contribution < 1.29 is 19.1 Å². The van der Waals surface area contributed by atoms with Gasteiger partial charge in [0, 0.05) is 27.1 Å². The highest BCUT2D eigenvalue weighted by atomic mass is 16.7. The van der Waals surface area contributed by atoms with E-state index >= 15 is 0 Å². The van der Waals surface area contributed by atoms with Gasteiger partial charge in [-0.2, -0.15) is 0 Å². The smallest absolute Gasteiger partial charge is 0.348 e. The zero-order valence-corrected chi connectivity index (χ0v) is 8.23. The highest BCUT2D eigenvalue weighted by Gasteiger charge is 2.38. The van der Waals surface area contributed by atoms with E-state index in [-0.39, 0.29) is 5.57 Å². The van der Waals surface area contributed by atoms with Crippen molar-refractivity contribution in [2.24, 2.45) is 4.99 Å². The lowest BCUT2D eigenvalue weighted by atomic mass is 10.2. The summed E-state index contributed by atoms with van der Waals surface area (Å²) in [5.41, 5.74) is -0.144. The number of carbonyl (C=O) groups excluding carboxylic acids is 2. The van der Waals surface area contributed by atoms with Crippen LogP contribution in [0.4, 0.5) is 0 Å². The van der Waals surface area contributed by atoms with Gasteiger partial charge in [-0.1, -0.05) is 0 Å². The average molecular weight is 197 g/mol. The Bertz CT molecular complexity index is 306. The van der Waals surface area contributed by atoms with Gasteiger partial charge in [0.15, 0.2) is 0 Å². The molecule has 0 amide bonds. The molecular weight excluding hydrogens is 186 g/mol. The molecule has 1 heterocycles. The van der Waals surface area contributed by atoms with Crippen molar-refractivity contribution in [1.82, 2.24) is 0 Å². The molecule has 1 rings (SSSR count). The van der Waals surface area contributed by atoms with Crippen LogP contribution in [-0.4, -0.2) is 31.0 Å². The van der Waals surface area contributed by atoms with Gasteiger partial charge in [-0.3, -0.25) is 4.99 Å². The second-order valence-electron chi connectivity index (χ2n) is 3.17. The molecule has 76 valence electrons. The Balaban J connectivity index is 2.92. The molecule has 0 radical (unpaired) electrons. The van der Waals surface area contributed by atoms with Gasteiger partial charge in [-0.05, 0) is 6.08 Å². The highest BCUT2D eigenvalue weighted by molar-refractivity contribution is 6.17. The summed E-state index contributed by atoms with van der Waals surface area (Å²) in [5.74, 6) is -2.56. The molecule has 1 saturated heterocycles. The maximum Gasteiger partial charge on any atom is 0.348 e. The molecule has 0 atom stereocenters. The number of cyclic esters (lactones) is 2. The van der Waals surface area contributed by atoms with Crippen molar-refractivity contribution in [2.45, 2.75) is 19.6 Å². The van der Waals surface area contributed by atoms with Gasteiger partial charge < -0.3 is 9.47 Å². The van der Waals surface area contributed by atoms with Gasteiger partial charge in [-0.15, -0.1) is 0 Å². The molecule has 1 aliphatic rings. The van der Waals surface area contributed by atoms with Gasteiger partial charge in [0.05, 0.1) is 0 Å². The van der Waals surface area contributed by atoms with Crippen molar-refractivity contribution >= 4 is 18.2 Å². The zero-order valence-electron chi connectivity index (χ0n) is 8.23. The molecule has 5 nitrogen and oxygen atoms in total. The molecule has 0 saturated carbocycles. The Kier molecular flexibility index (Phi) is 2.69. The van der Waals surface area contributed by atoms with Crippen LogP contribution in [0.3, 0.4) is 0 Å². The van der Waals surface area contributed by atoms with E-state index in [9.17, 15) is 9.59 Å². The third-order valence-corrected chi connectivity index (χ3v) is 1.51.